The van der Waals surface area contributed by atoms with E-state index >= 15 is 0 Å². The molecule has 5 heteroatoms. The van der Waals surface area contributed by atoms with Gasteiger partial charge in [0.2, 0.25) is 0 Å². The smallest absolute Gasteiger partial charge is 0.357 e. The van der Waals surface area contributed by atoms with Crippen molar-refractivity contribution >= 4 is 27.3 Å². The number of hydrogen-bond acceptors (Lipinski definition) is 2. The topological polar surface area (TPSA) is 46.5 Å². The Balaban J connectivity index is 2.86. The second kappa shape index (κ2) is 3.85. The van der Waals surface area contributed by atoms with Gasteiger partial charge in [-0.3, -0.25) is 4.55 Å². The molecule has 0 fully saturated rings. The minimum atomic E-state index is -2.26. The van der Waals surface area contributed by atoms with Crippen molar-refractivity contribution < 1.29 is 12.9 Å². The van der Waals surface area contributed by atoms with Crippen LogP contribution in [0.4, 0.5) is 0 Å². The summed E-state index contributed by atoms with van der Waals surface area (Å²) < 4.78 is 23.7. The van der Waals surface area contributed by atoms with E-state index in [4.69, 9.17) is 4.55 Å². The van der Waals surface area contributed by atoms with Crippen LogP contribution in [0.5, 0.6) is 5.75 Å². The van der Waals surface area contributed by atoms with E-state index in [2.05, 4.69) is 20.1 Å². The van der Waals surface area contributed by atoms with Crippen molar-refractivity contribution in [1.29, 1.82) is 0 Å². The first kappa shape index (κ1) is 8.70. The fraction of sp³-hybridized carbons (Fsp3) is 0. The molecule has 0 spiro atoms. The molecule has 0 aliphatic heterocycles. The summed E-state index contributed by atoms with van der Waals surface area (Å²) in [6.07, 6.45) is 0. The highest BCUT2D eigenvalue weighted by atomic mass is 79.9. The Hall–Kier alpha value is -0.390. The first-order valence-electron chi connectivity index (χ1n) is 2.74. The van der Waals surface area contributed by atoms with Crippen LogP contribution in [-0.2, 0) is 11.4 Å². The van der Waals surface area contributed by atoms with E-state index in [-0.39, 0.29) is 0 Å². The Morgan fingerprint density at radius 2 is 2.09 bits per heavy atom. The molecule has 1 aromatic carbocycles. The molecule has 0 saturated heterocycles. The van der Waals surface area contributed by atoms with E-state index < -0.39 is 11.4 Å². The Kier molecular flexibility index (Phi) is 3.04. The lowest BCUT2D eigenvalue weighted by atomic mass is 10.3. The van der Waals surface area contributed by atoms with Crippen LogP contribution in [0.15, 0.2) is 28.7 Å². The summed E-state index contributed by atoms with van der Waals surface area (Å²) >= 11 is 0.897. The van der Waals surface area contributed by atoms with Crippen LogP contribution < -0.4 is 4.18 Å². The number of halogens is 1. The zero-order chi connectivity index (χ0) is 8.27. The SMILES string of the molecule is O=S(O)Oc1ccccc1Br. The molecule has 0 radical (unpaired) electrons. The van der Waals surface area contributed by atoms with Gasteiger partial charge in [0.05, 0.1) is 4.47 Å². The van der Waals surface area contributed by atoms with Gasteiger partial charge in [-0.1, -0.05) is 12.1 Å². The van der Waals surface area contributed by atoms with Crippen molar-refractivity contribution in [2.45, 2.75) is 0 Å². The molecule has 0 aliphatic carbocycles. The average Bonchev–Trinajstić information content (AvgIpc) is 1.93. The zero-order valence-corrected chi connectivity index (χ0v) is 7.76. The third-order valence-corrected chi connectivity index (χ3v) is 1.97. The molecule has 1 aromatic rings. The third-order valence-electron chi connectivity index (χ3n) is 0.998. The lowest BCUT2D eigenvalue weighted by Gasteiger charge is -2.00. The van der Waals surface area contributed by atoms with Gasteiger partial charge in [0.15, 0.2) is 5.75 Å². The normalized spacial score (nSPS) is 12.5. The molecule has 3 nitrogen and oxygen atoms in total. The molecule has 0 heterocycles. The van der Waals surface area contributed by atoms with E-state index in [1.54, 1.807) is 24.3 Å². The van der Waals surface area contributed by atoms with Gasteiger partial charge in [-0.25, -0.2) is 0 Å². The first-order valence-corrected chi connectivity index (χ1v) is 4.56. The van der Waals surface area contributed by atoms with Gasteiger partial charge in [-0.15, -0.1) is 0 Å². The molecule has 0 aliphatic rings. The fourth-order valence-corrected chi connectivity index (χ4v) is 1.36. The summed E-state index contributed by atoms with van der Waals surface area (Å²) in [7, 11) is 0. The van der Waals surface area contributed by atoms with Gasteiger partial charge in [-0.05, 0) is 28.1 Å². The molecule has 0 amide bonds. The Morgan fingerprint density at radius 3 is 2.64 bits per heavy atom. The minimum Gasteiger partial charge on any atom is -0.379 e. The number of rotatable bonds is 2. The van der Waals surface area contributed by atoms with Gasteiger partial charge >= 0.3 is 11.4 Å². The van der Waals surface area contributed by atoms with Gasteiger partial charge in [0.1, 0.15) is 0 Å². The lowest BCUT2D eigenvalue weighted by molar-refractivity contribution is 0.457. The van der Waals surface area contributed by atoms with Crippen molar-refractivity contribution in [2.24, 2.45) is 0 Å². The Labute approximate surface area is 75.0 Å². The molecule has 0 bridgehead atoms. The maximum absolute atomic E-state index is 10.2. The molecule has 0 saturated carbocycles. The Bertz CT molecular complexity index is 276. The maximum atomic E-state index is 10.2. The number of benzene rings is 1. The molecule has 1 N–H and O–H groups in total. The largest absolute Gasteiger partial charge is 0.379 e. The fourth-order valence-electron chi connectivity index (χ4n) is 0.589. The van der Waals surface area contributed by atoms with Crippen LogP contribution in [0.2, 0.25) is 0 Å². The predicted octanol–water partition coefficient (Wildman–Crippen LogP) is 1.96. The molecular formula is C6H5BrO3S. The van der Waals surface area contributed by atoms with Gasteiger partial charge in [-0.2, -0.15) is 4.21 Å². The summed E-state index contributed by atoms with van der Waals surface area (Å²) in [5, 5.41) is 0. The standard InChI is InChI=1S/C6H5BrO3S/c7-5-3-1-2-4-6(5)10-11(8)9/h1-4H,(H,8,9). The molecule has 11 heavy (non-hydrogen) atoms. The maximum Gasteiger partial charge on any atom is 0.357 e. The molecule has 60 valence electrons. The van der Waals surface area contributed by atoms with E-state index in [1.165, 1.54) is 0 Å². The van der Waals surface area contributed by atoms with Crippen molar-refractivity contribution in [3.05, 3.63) is 28.7 Å². The second-order valence-electron chi connectivity index (χ2n) is 1.73. The molecular weight excluding hydrogens is 232 g/mol. The Morgan fingerprint density at radius 1 is 1.45 bits per heavy atom. The monoisotopic (exact) mass is 236 g/mol. The van der Waals surface area contributed by atoms with Crippen molar-refractivity contribution in [1.82, 2.24) is 0 Å². The first-order chi connectivity index (χ1) is 5.20. The van der Waals surface area contributed by atoms with Gasteiger partial charge < -0.3 is 4.18 Å². The van der Waals surface area contributed by atoms with E-state index in [1.807, 2.05) is 0 Å². The highest BCUT2D eigenvalue weighted by Gasteiger charge is 2.01. The van der Waals surface area contributed by atoms with Crippen LogP contribution in [0.1, 0.15) is 0 Å². The van der Waals surface area contributed by atoms with Gasteiger partial charge in [0.25, 0.3) is 0 Å². The van der Waals surface area contributed by atoms with Crippen LogP contribution in [-0.4, -0.2) is 8.76 Å². The second-order valence-corrected chi connectivity index (χ2v) is 3.19. The lowest BCUT2D eigenvalue weighted by Crippen LogP contribution is -1.97. The minimum absolute atomic E-state index is 0.355. The van der Waals surface area contributed by atoms with Crippen molar-refractivity contribution in [3.63, 3.8) is 0 Å². The van der Waals surface area contributed by atoms with Crippen molar-refractivity contribution in [2.75, 3.05) is 0 Å². The highest BCUT2D eigenvalue weighted by molar-refractivity contribution is 9.10. The summed E-state index contributed by atoms with van der Waals surface area (Å²) in [5.74, 6) is 0.355. The average molecular weight is 237 g/mol. The summed E-state index contributed by atoms with van der Waals surface area (Å²) in [6, 6.07) is 6.82. The van der Waals surface area contributed by atoms with E-state index in [0.717, 1.165) is 0 Å². The third kappa shape index (κ3) is 2.61. The molecule has 1 unspecified atom stereocenters. The van der Waals surface area contributed by atoms with Crippen LogP contribution in [0.3, 0.4) is 0 Å². The van der Waals surface area contributed by atoms with E-state index in [9.17, 15) is 4.21 Å². The number of para-hydroxylation sites is 1. The van der Waals surface area contributed by atoms with Crippen LogP contribution in [0.25, 0.3) is 0 Å². The molecule has 0 aromatic heterocycles. The summed E-state index contributed by atoms with van der Waals surface area (Å²) in [6.45, 7) is 0. The van der Waals surface area contributed by atoms with Crippen LogP contribution >= 0.6 is 15.9 Å². The summed E-state index contributed by atoms with van der Waals surface area (Å²) in [5.41, 5.74) is 0. The quantitative estimate of drug-likeness (QED) is 0.800. The summed E-state index contributed by atoms with van der Waals surface area (Å²) in [4.78, 5) is 0. The molecule has 1 atom stereocenters. The van der Waals surface area contributed by atoms with Crippen molar-refractivity contribution in [3.8, 4) is 5.75 Å². The molecule has 1 rings (SSSR count). The van der Waals surface area contributed by atoms with Crippen LogP contribution in [0, 0.1) is 0 Å². The number of hydrogen-bond donors (Lipinski definition) is 1. The van der Waals surface area contributed by atoms with Gasteiger partial charge in [0, 0.05) is 0 Å². The predicted molar refractivity (Wildman–Crippen MR) is 45.5 cm³/mol. The highest BCUT2D eigenvalue weighted by Crippen LogP contribution is 2.23. The zero-order valence-electron chi connectivity index (χ0n) is 5.36. The van der Waals surface area contributed by atoms with E-state index in [0.29, 0.717) is 10.2 Å².